The number of aliphatic hydroxyl groups is 1. The second-order valence-electron chi connectivity index (χ2n) is 10.4. The van der Waals surface area contributed by atoms with Crippen molar-refractivity contribution in [1.29, 1.82) is 0 Å². The van der Waals surface area contributed by atoms with Gasteiger partial charge in [0.2, 0.25) is 5.78 Å². The third-order valence-electron chi connectivity index (χ3n) is 8.21. The fourth-order valence-electron chi connectivity index (χ4n) is 6.18. The summed E-state index contributed by atoms with van der Waals surface area (Å²) in [5.74, 6) is 0.163. The monoisotopic (exact) mass is 678 g/mol. The molecule has 1 N–H and O–H groups in total. The molecule has 3 aliphatic rings. The number of ketones is 2. The fraction of sp³-hybridized carbons (Fsp3) is 0.188. The Balaban J connectivity index is 1.52. The van der Waals surface area contributed by atoms with Crippen molar-refractivity contribution in [2.75, 3.05) is 0 Å². The molecule has 4 aromatic rings. The first-order valence-electron chi connectivity index (χ1n) is 12.9. The van der Waals surface area contributed by atoms with Gasteiger partial charge < -0.3 is 14.6 Å². The smallest absolute Gasteiger partial charge is 0.214 e. The van der Waals surface area contributed by atoms with E-state index in [-0.39, 0.29) is 29.4 Å². The molecule has 2 aliphatic heterocycles. The second-order valence-corrected chi connectivity index (χ2v) is 12.6. The van der Waals surface area contributed by atoms with Crippen LogP contribution in [0.3, 0.4) is 0 Å². The molecule has 0 unspecified atom stereocenters. The highest BCUT2D eigenvalue weighted by Gasteiger charge is 2.67. The molecule has 0 amide bonds. The summed E-state index contributed by atoms with van der Waals surface area (Å²) in [5.41, 5.74) is -1.83. The first-order valence-corrected chi connectivity index (χ1v) is 14.8. The van der Waals surface area contributed by atoms with Crippen LogP contribution in [0.4, 0.5) is 0 Å². The summed E-state index contributed by atoms with van der Waals surface area (Å²) in [6.07, 6.45) is 1.76. The van der Waals surface area contributed by atoms with Gasteiger partial charge in [-0.05, 0) is 64.0 Å². The van der Waals surface area contributed by atoms with Gasteiger partial charge in [-0.15, -0.1) is 0 Å². The molecule has 40 heavy (non-hydrogen) atoms. The van der Waals surface area contributed by atoms with Crippen molar-refractivity contribution < 1.29 is 24.2 Å². The molecular weight excluding hydrogens is 660 g/mol. The molecule has 4 aromatic carbocycles. The standard InChI is InChI=1S/C32H21Br2ClO5/c1-2-20(36)14-31(38)30(37)28(35)29-25(13-23-21-7-5-18(33)11-16(21)3-9-26(23)39-29)32(31)15-24-22-8-6-19(34)12-17(22)4-10-27(24)40-32/h3-13,38H,2,14-15H2,1H3/t31-,32-/m0/s1. The Bertz CT molecular complexity index is 1890. The zero-order chi connectivity index (χ0) is 28.0. The molecule has 5 nitrogen and oxygen atoms in total. The van der Waals surface area contributed by atoms with E-state index >= 15 is 0 Å². The lowest BCUT2D eigenvalue weighted by molar-refractivity contribution is -0.161. The zero-order valence-electron chi connectivity index (χ0n) is 21.2. The molecule has 7 rings (SSSR count). The van der Waals surface area contributed by atoms with Crippen LogP contribution >= 0.6 is 43.5 Å². The van der Waals surface area contributed by atoms with Gasteiger partial charge in [-0.3, -0.25) is 9.59 Å². The van der Waals surface area contributed by atoms with E-state index in [9.17, 15) is 14.7 Å². The highest BCUT2D eigenvalue weighted by atomic mass is 79.9. The van der Waals surface area contributed by atoms with Gasteiger partial charge in [0.15, 0.2) is 17.0 Å². The van der Waals surface area contributed by atoms with E-state index in [2.05, 4.69) is 31.9 Å². The summed E-state index contributed by atoms with van der Waals surface area (Å²) < 4.78 is 14.9. The SMILES string of the molecule is CCC(=O)C[C@]1(O)C(=O)C(Cl)=C2Oc3ccc4cc(Br)ccc4c3C=C2[C@@]12Cc1c(ccc3cc(Br)ccc13)O2. The number of hydrogen-bond donors (Lipinski definition) is 1. The fourth-order valence-corrected chi connectivity index (χ4v) is 7.24. The quantitative estimate of drug-likeness (QED) is 0.239. The van der Waals surface area contributed by atoms with Crippen LogP contribution in [0, 0.1) is 0 Å². The van der Waals surface area contributed by atoms with Crippen LogP contribution in [0.15, 0.2) is 86.0 Å². The number of fused-ring (bicyclic) bond motifs is 8. The first-order chi connectivity index (χ1) is 19.1. The van der Waals surface area contributed by atoms with Crippen molar-refractivity contribution >= 4 is 82.6 Å². The lowest BCUT2D eigenvalue weighted by atomic mass is 9.65. The van der Waals surface area contributed by atoms with Gasteiger partial charge in [-0.25, -0.2) is 0 Å². The van der Waals surface area contributed by atoms with Crippen molar-refractivity contribution in [2.45, 2.75) is 37.4 Å². The minimum absolute atomic E-state index is 0.143. The maximum atomic E-state index is 13.9. The van der Waals surface area contributed by atoms with Crippen LogP contribution in [0.25, 0.3) is 27.6 Å². The van der Waals surface area contributed by atoms with Gasteiger partial charge in [0.05, 0.1) is 0 Å². The Morgan fingerprint density at radius 2 is 1.62 bits per heavy atom. The van der Waals surface area contributed by atoms with Crippen LogP contribution in [-0.2, 0) is 16.0 Å². The molecule has 0 saturated heterocycles. The Kier molecular flexibility index (Phi) is 5.85. The van der Waals surface area contributed by atoms with Crippen LogP contribution < -0.4 is 9.47 Å². The average Bonchev–Trinajstić information content (AvgIpc) is 3.36. The summed E-state index contributed by atoms with van der Waals surface area (Å²) in [6.45, 7) is 1.70. The highest BCUT2D eigenvalue weighted by Crippen LogP contribution is 2.57. The number of benzene rings is 4. The molecule has 2 heterocycles. The average molecular weight is 681 g/mol. The zero-order valence-corrected chi connectivity index (χ0v) is 25.1. The van der Waals surface area contributed by atoms with Gasteiger partial charge in [0, 0.05) is 44.9 Å². The third kappa shape index (κ3) is 3.54. The molecule has 0 radical (unpaired) electrons. The molecule has 1 spiro atoms. The van der Waals surface area contributed by atoms with E-state index in [1.165, 1.54) is 0 Å². The van der Waals surface area contributed by atoms with Crippen molar-refractivity contribution in [1.82, 2.24) is 0 Å². The second kappa shape index (κ2) is 9.02. The van der Waals surface area contributed by atoms with E-state index < -0.39 is 23.4 Å². The van der Waals surface area contributed by atoms with E-state index in [4.69, 9.17) is 21.1 Å². The molecule has 200 valence electrons. The topological polar surface area (TPSA) is 72.8 Å². The normalized spacial score (nSPS) is 23.0. The summed E-state index contributed by atoms with van der Waals surface area (Å²) in [7, 11) is 0. The van der Waals surface area contributed by atoms with Crippen LogP contribution in [0.2, 0.25) is 0 Å². The molecule has 0 aromatic heterocycles. The van der Waals surface area contributed by atoms with E-state index in [0.29, 0.717) is 17.1 Å². The number of ether oxygens (including phenoxy) is 2. The molecule has 0 fully saturated rings. The van der Waals surface area contributed by atoms with Gasteiger partial charge in [0.25, 0.3) is 0 Å². The van der Waals surface area contributed by atoms with Crippen LogP contribution in [-0.4, -0.2) is 27.9 Å². The predicted molar refractivity (Wildman–Crippen MR) is 162 cm³/mol. The van der Waals surface area contributed by atoms with Crippen molar-refractivity contribution in [2.24, 2.45) is 0 Å². The predicted octanol–water partition coefficient (Wildman–Crippen LogP) is 7.80. The van der Waals surface area contributed by atoms with E-state index in [1.54, 1.807) is 6.92 Å². The maximum absolute atomic E-state index is 13.9. The summed E-state index contributed by atoms with van der Waals surface area (Å²) >= 11 is 13.7. The first kappa shape index (κ1) is 26.0. The minimum atomic E-state index is -2.25. The number of halogens is 3. The largest absolute Gasteiger partial charge is 0.478 e. The Hall–Kier alpha value is -2.97. The van der Waals surface area contributed by atoms with E-state index in [1.807, 2.05) is 66.7 Å². The molecular formula is C32H21Br2ClO5. The van der Waals surface area contributed by atoms with E-state index in [0.717, 1.165) is 41.6 Å². The molecule has 0 bridgehead atoms. The summed E-state index contributed by atoms with van der Waals surface area (Å²) in [5, 5.41) is 15.9. The molecule has 1 aliphatic carbocycles. The van der Waals surface area contributed by atoms with Crippen molar-refractivity contribution in [3.05, 3.63) is 97.1 Å². The Morgan fingerprint density at radius 3 is 2.33 bits per heavy atom. The highest BCUT2D eigenvalue weighted by molar-refractivity contribution is 9.10. The number of carbonyl (C=O) groups is 2. The number of carbonyl (C=O) groups excluding carboxylic acids is 2. The molecule has 2 atom stereocenters. The lowest BCUT2D eigenvalue weighted by Crippen LogP contribution is -2.66. The number of Topliss-reactive ketones (excluding diaryl/α,β-unsaturated/α-hetero) is 2. The van der Waals surface area contributed by atoms with Crippen LogP contribution in [0.1, 0.15) is 30.9 Å². The minimum Gasteiger partial charge on any atom is -0.478 e. The van der Waals surface area contributed by atoms with Gasteiger partial charge >= 0.3 is 0 Å². The van der Waals surface area contributed by atoms with Gasteiger partial charge in [-0.1, -0.05) is 74.7 Å². The lowest BCUT2D eigenvalue weighted by Gasteiger charge is -2.48. The van der Waals surface area contributed by atoms with Gasteiger partial charge in [-0.2, -0.15) is 0 Å². The number of hydrogen-bond acceptors (Lipinski definition) is 5. The van der Waals surface area contributed by atoms with Crippen molar-refractivity contribution in [3.63, 3.8) is 0 Å². The Labute approximate surface area is 251 Å². The third-order valence-corrected chi connectivity index (χ3v) is 9.54. The molecule has 8 heteroatoms. The molecule has 0 saturated carbocycles. The maximum Gasteiger partial charge on any atom is 0.214 e. The van der Waals surface area contributed by atoms with Gasteiger partial charge in [0.1, 0.15) is 22.3 Å². The van der Waals surface area contributed by atoms with Crippen LogP contribution in [0.5, 0.6) is 11.5 Å². The summed E-state index contributed by atoms with van der Waals surface area (Å²) in [6, 6.07) is 19.4. The van der Waals surface area contributed by atoms with Crippen molar-refractivity contribution in [3.8, 4) is 11.5 Å². The number of rotatable bonds is 3. The summed E-state index contributed by atoms with van der Waals surface area (Å²) in [4.78, 5) is 26.8. The Morgan fingerprint density at radius 1 is 0.975 bits per heavy atom.